The normalized spacial score (nSPS) is 23.7. The standard InChI is InChI=1S/C18H26N4O4S/c1-13-10-22(11-14(2)26-13)12-18(23)20-15-5-3-6-16(9-15)27(24,25)21-17-7-4-8-19-17/h3,5-6,9,13-14H,4,7-8,10-12H2,1-2H3,(H,19,21)(H,20,23)/t13-,14+. The first kappa shape index (κ1) is 19.8. The maximum Gasteiger partial charge on any atom is 0.262 e. The smallest absolute Gasteiger partial charge is 0.262 e. The first-order valence-corrected chi connectivity index (χ1v) is 10.6. The van der Waals surface area contributed by atoms with Crippen molar-refractivity contribution in [3.63, 3.8) is 0 Å². The van der Waals surface area contributed by atoms with E-state index in [2.05, 4.69) is 15.0 Å². The molecule has 1 amide bonds. The van der Waals surface area contributed by atoms with Gasteiger partial charge in [-0.3, -0.25) is 19.4 Å². The number of carbonyl (C=O) groups excluding carboxylic acids is 1. The lowest BCUT2D eigenvalue weighted by atomic mass is 10.2. The fourth-order valence-corrected chi connectivity index (χ4v) is 4.53. The maximum atomic E-state index is 12.5. The molecule has 0 radical (unpaired) electrons. The molecule has 0 bridgehead atoms. The topological polar surface area (TPSA) is 100 Å². The molecule has 1 saturated heterocycles. The summed E-state index contributed by atoms with van der Waals surface area (Å²) < 4.78 is 33.2. The SMILES string of the molecule is C[C@@H]1CN(CC(=O)Nc2cccc(S(=O)(=O)NC3=NCCC3)c2)C[C@H](C)O1. The molecule has 2 N–H and O–H groups in total. The van der Waals surface area contributed by atoms with E-state index in [1.54, 1.807) is 12.1 Å². The number of ether oxygens (including phenoxy) is 1. The van der Waals surface area contributed by atoms with Crippen LogP contribution in [-0.4, -0.2) is 63.4 Å². The molecular formula is C18H26N4O4S. The van der Waals surface area contributed by atoms with Gasteiger partial charge in [-0.1, -0.05) is 6.07 Å². The Morgan fingerprint density at radius 2 is 2.04 bits per heavy atom. The van der Waals surface area contributed by atoms with Crippen molar-refractivity contribution in [1.82, 2.24) is 9.62 Å². The predicted molar refractivity (Wildman–Crippen MR) is 103 cm³/mol. The summed E-state index contributed by atoms with van der Waals surface area (Å²) in [6.45, 7) is 6.24. The van der Waals surface area contributed by atoms with Gasteiger partial charge in [0.1, 0.15) is 5.84 Å². The second-order valence-electron chi connectivity index (χ2n) is 7.06. The first-order chi connectivity index (χ1) is 12.8. The van der Waals surface area contributed by atoms with E-state index >= 15 is 0 Å². The van der Waals surface area contributed by atoms with Crippen LogP contribution in [0.5, 0.6) is 0 Å². The summed E-state index contributed by atoms with van der Waals surface area (Å²) in [6, 6.07) is 6.24. The van der Waals surface area contributed by atoms with Crippen LogP contribution in [0.4, 0.5) is 5.69 Å². The Bertz CT molecular complexity index is 814. The number of hydrogen-bond acceptors (Lipinski definition) is 6. The molecule has 148 valence electrons. The molecule has 2 atom stereocenters. The van der Waals surface area contributed by atoms with Crippen LogP contribution in [0.1, 0.15) is 26.7 Å². The quantitative estimate of drug-likeness (QED) is 0.782. The highest BCUT2D eigenvalue weighted by molar-refractivity contribution is 7.90. The van der Waals surface area contributed by atoms with E-state index in [0.29, 0.717) is 37.6 Å². The van der Waals surface area contributed by atoms with Crippen LogP contribution >= 0.6 is 0 Å². The molecule has 0 unspecified atom stereocenters. The fraction of sp³-hybridized carbons (Fsp3) is 0.556. The molecular weight excluding hydrogens is 368 g/mol. The minimum Gasteiger partial charge on any atom is -0.373 e. The van der Waals surface area contributed by atoms with Crippen molar-refractivity contribution in [2.75, 3.05) is 31.5 Å². The Morgan fingerprint density at radius 3 is 2.70 bits per heavy atom. The highest BCUT2D eigenvalue weighted by Gasteiger charge is 2.24. The Balaban J connectivity index is 1.62. The van der Waals surface area contributed by atoms with Crippen molar-refractivity contribution < 1.29 is 17.9 Å². The zero-order chi connectivity index (χ0) is 19.4. The number of sulfonamides is 1. The van der Waals surface area contributed by atoms with E-state index in [1.807, 2.05) is 18.7 Å². The molecule has 1 aromatic rings. The van der Waals surface area contributed by atoms with Crippen molar-refractivity contribution in [2.24, 2.45) is 4.99 Å². The zero-order valence-electron chi connectivity index (χ0n) is 15.6. The summed E-state index contributed by atoms with van der Waals surface area (Å²) in [5, 5.41) is 2.78. The Morgan fingerprint density at radius 1 is 1.30 bits per heavy atom. The number of anilines is 1. The molecule has 2 aliphatic heterocycles. The van der Waals surface area contributed by atoms with Gasteiger partial charge in [-0.05, 0) is 38.5 Å². The molecule has 9 heteroatoms. The van der Waals surface area contributed by atoms with Crippen molar-refractivity contribution >= 4 is 27.5 Å². The Hall–Kier alpha value is -1.97. The summed E-state index contributed by atoms with van der Waals surface area (Å²) in [6.07, 6.45) is 1.65. The van der Waals surface area contributed by atoms with E-state index in [9.17, 15) is 13.2 Å². The summed E-state index contributed by atoms with van der Waals surface area (Å²) in [4.78, 5) is 18.6. The molecule has 0 saturated carbocycles. The van der Waals surface area contributed by atoms with Gasteiger partial charge in [0.25, 0.3) is 10.0 Å². The van der Waals surface area contributed by atoms with Gasteiger partial charge in [-0.2, -0.15) is 0 Å². The van der Waals surface area contributed by atoms with Gasteiger partial charge in [0.15, 0.2) is 0 Å². The van der Waals surface area contributed by atoms with Crippen LogP contribution in [0.15, 0.2) is 34.2 Å². The van der Waals surface area contributed by atoms with Crippen LogP contribution in [0.25, 0.3) is 0 Å². The van der Waals surface area contributed by atoms with Gasteiger partial charge >= 0.3 is 0 Å². The summed E-state index contributed by atoms with van der Waals surface area (Å²) in [5.74, 6) is 0.305. The van der Waals surface area contributed by atoms with Gasteiger partial charge in [-0.15, -0.1) is 0 Å². The number of rotatable bonds is 5. The Kier molecular flexibility index (Phi) is 6.13. The molecule has 0 aromatic heterocycles. The maximum absolute atomic E-state index is 12.5. The third-order valence-corrected chi connectivity index (χ3v) is 5.80. The van der Waals surface area contributed by atoms with Crippen molar-refractivity contribution in [2.45, 2.75) is 43.8 Å². The molecule has 2 heterocycles. The van der Waals surface area contributed by atoms with E-state index in [1.165, 1.54) is 12.1 Å². The van der Waals surface area contributed by atoms with E-state index in [0.717, 1.165) is 6.42 Å². The number of aliphatic imine (C=N–C) groups is 1. The molecule has 3 rings (SSSR count). The third kappa shape index (κ3) is 5.50. The van der Waals surface area contributed by atoms with E-state index in [4.69, 9.17) is 4.74 Å². The number of morpholine rings is 1. The second-order valence-corrected chi connectivity index (χ2v) is 8.75. The molecule has 1 fully saturated rings. The largest absolute Gasteiger partial charge is 0.373 e. The van der Waals surface area contributed by atoms with Crippen molar-refractivity contribution in [1.29, 1.82) is 0 Å². The minimum absolute atomic E-state index is 0.0830. The molecule has 1 aromatic carbocycles. The molecule has 8 nitrogen and oxygen atoms in total. The van der Waals surface area contributed by atoms with Crippen LogP contribution in [0.3, 0.4) is 0 Å². The minimum atomic E-state index is -3.70. The van der Waals surface area contributed by atoms with Crippen LogP contribution in [0, 0.1) is 0 Å². The number of carbonyl (C=O) groups is 1. The van der Waals surface area contributed by atoms with E-state index < -0.39 is 10.0 Å². The van der Waals surface area contributed by atoms with Crippen LogP contribution in [-0.2, 0) is 19.6 Å². The molecule has 2 aliphatic rings. The van der Waals surface area contributed by atoms with Crippen molar-refractivity contribution in [3.8, 4) is 0 Å². The summed E-state index contributed by atoms with van der Waals surface area (Å²) >= 11 is 0. The third-order valence-electron chi connectivity index (χ3n) is 4.42. The molecule has 0 spiro atoms. The number of amidine groups is 1. The zero-order valence-corrected chi connectivity index (χ0v) is 16.5. The first-order valence-electron chi connectivity index (χ1n) is 9.16. The van der Waals surface area contributed by atoms with Crippen LogP contribution < -0.4 is 10.0 Å². The summed E-state index contributed by atoms with van der Waals surface area (Å²) in [7, 11) is -3.70. The number of hydrogen-bond donors (Lipinski definition) is 2. The van der Waals surface area contributed by atoms with Gasteiger partial charge in [0, 0.05) is 31.7 Å². The van der Waals surface area contributed by atoms with Gasteiger partial charge < -0.3 is 10.1 Å². The number of benzene rings is 1. The lowest BCUT2D eigenvalue weighted by Crippen LogP contribution is -2.48. The lowest BCUT2D eigenvalue weighted by Gasteiger charge is -2.34. The van der Waals surface area contributed by atoms with Crippen LogP contribution in [0.2, 0.25) is 0 Å². The average Bonchev–Trinajstić information content (AvgIpc) is 3.06. The monoisotopic (exact) mass is 394 g/mol. The Labute approximate surface area is 160 Å². The number of amides is 1. The average molecular weight is 394 g/mol. The molecule has 0 aliphatic carbocycles. The second kappa shape index (κ2) is 8.37. The highest BCUT2D eigenvalue weighted by atomic mass is 32.2. The summed E-state index contributed by atoms with van der Waals surface area (Å²) in [5.41, 5.74) is 0.450. The lowest BCUT2D eigenvalue weighted by molar-refractivity contribution is -0.121. The van der Waals surface area contributed by atoms with Gasteiger partial charge in [0.05, 0.1) is 23.6 Å². The predicted octanol–water partition coefficient (Wildman–Crippen LogP) is 1.20. The number of nitrogens with zero attached hydrogens (tertiary/aromatic N) is 2. The number of nitrogens with one attached hydrogen (secondary N) is 2. The van der Waals surface area contributed by atoms with E-state index in [-0.39, 0.29) is 29.6 Å². The van der Waals surface area contributed by atoms with Crippen molar-refractivity contribution in [3.05, 3.63) is 24.3 Å². The fourth-order valence-electron chi connectivity index (χ4n) is 3.40. The highest BCUT2D eigenvalue weighted by Crippen LogP contribution is 2.17. The molecule has 27 heavy (non-hydrogen) atoms. The van der Waals surface area contributed by atoms with Gasteiger partial charge in [0.2, 0.25) is 5.91 Å². The van der Waals surface area contributed by atoms with Gasteiger partial charge in [-0.25, -0.2) is 8.42 Å².